The van der Waals surface area contributed by atoms with Crippen LogP contribution in [-0.4, -0.2) is 30.4 Å². The minimum absolute atomic E-state index is 0.126. The Morgan fingerprint density at radius 3 is 2.62 bits per heavy atom. The summed E-state index contributed by atoms with van der Waals surface area (Å²) in [6.45, 7) is 7.79. The van der Waals surface area contributed by atoms with Gasteiger partial charge in [-0.25, -0.2) is 9.79 Å². The lowest BCUT2D eigenvalue weighted by molar-refractivity contribution is -0.139. The van der Waals surface area contributed by atoms with Crippen LogP contribution in [0.15, 0.2) is 81.7 Å². The number of methoxy groups -OCH3 is 1. The van der Waals surface area contributed by atoms with E-state index in [-0.39, 0.29) is 30.5 Å². The molecule has 0 radical (unpaired) electrons. The van der Waals surface area contributed by atoms with Crippen LogP contribution in [0.5, 0.6) is 17.2 Å². The number of thiazole rings is 1. The molecule has 1 aromatic heterocycles. The molecule has 5 rings (SSSR count). The molecule has 234 valence electrons. The van der Waals surface area contributed by atoms with E-state index in [0.29, 0.717) is 48.4 Å². The summed E-state index contributed by atoms with van der Waals surface area (Å²) in [4.78, 5) is 32.8. The number of para-hydroxylation sites is 1. The van der Waals surface area contributed by atoms with E-state index in [1.165, 1.54) is 11.3 Å². The monoisotopic (exact) mass is 758 g/mol. The number of fused-ring (bicyclic) bond motifs is 1. The standard InChI is InChI=1S/C34H32ClIN2O6S/c1-6-42-33(40)29-20(4)37-34-38(30(29)25-12-7-8-13-26(25)44-19(2)3)32(39)28(45-34)16-22-15-24(36)17-27(41-5)31(22)43-18-21-10-9-11-23(35)14-21/h7-17,19,30H,6,18H2,1-5H3/b28-16-/t30-/m0/s1. The van der Waals surface area contributed by atoms with Gasteiger partial charge in [-0.1, -0.05) is 53.3 Å². The maximum absolute atomic E-state index is 14.3. The van der Waals surface area contributed by atoms with Crippen molar-refractivity contribution in [3.63, 3.8) is 0 Å². The van der Waals surface area contributed by atoms with Crippen LogP contribution >= 0.6 is 45.5 Å². The Hall–Kier alpha value is -3.61. The van der Waals surface area contributed by atoms with E-state index in [4.69, 9.17) is 35.5 Å². The lowest BCUT2D eigenvalue weighted by Gasteiger charge is -2.26. The molecular weight excluding hydrogens is 727 g/mol. The first-order valence-corrected chi connectivity index (χ1v) is 16.6. The molecule has 3 aromatic carbocycles. The van der Waals surface area contributed by atoms with Crippen molar-refractivity contribution in [2.24, 2.45) is 4.99 Å². The quantitative estimate of drug-likeness (QED) is 0.137. The highest BCUT2D eigenvalue weighted by Gasteiger charge is 2.35. The highest BCUT2D eigenvalue weighted by atomic mass is 127. The van der Waals surface area contributed by atoms with Crippen LogP contribution in [0.25, 0.3) is 6.08 Å². The van der Waals surface area contributed by atoms with Crippen molar-refractivity contribution in [1.29, 1.82) is 0 Å². The van der Waals surface area contributed by atoms with Crippen LogP contribution in [0.4, 0.5) is 0 Å². The number of aromatic nitrogens is 1. The zero-order chi connectivity index (χ0) is 32.2. The number of hydrogen-bond donors (Lipinski definition) is 0. The fraction of sp³-hybridized carbons (Fsp3) is 0.265. The molecule has 2 heterocycles. The van der Waals surface area contributed by atoms with Crippen LogP contribution < -0.4 is 29.1 Å². The van der Waals surface area contributed by atoms with Crippen molar-refractivity contribution >= 4 is 57.6 Å². The second-order valence-electron chi connectivity index (χ2n) is 10.5. The summed E-state index contributed by atoms with van der Waals surface area (Å²) >= 11 is 9.63. The van der Waals surface area contributed by atoms with Gasteiger partial charge >= 0.3 is 5.97 Å². The molecule has 0 bridgehead atoms. The van der Waals surface area contributed by atoms with Gasteiger partial charge in [0.15, 0.2) is 16.3 Å². The van der Waals surface area contributed by atoms with E-state index in [1.807, 2.05) is 68.4 Å². The van der Waals surface area contributed by atoms with E-state index in [0.717, 1.165) is 9.13 Å². The molecule has 0 N–H and O–H groups in total. The van der Waals surface area contributed by atoms with Crippen LogP contribution in [0.2, 0.25) is 5.02 Å². The number of hydrogen-bond acceptors (Lipinski definition) is 8. The summed E-state index contributed by atoms with van der Waals surface area (Å²) in [6, 6.07) is 17.8. The van der Waals surface area contributed by atoms with E-state index < -0.39 is 12.0 Å². The van der Waals surface area contributed by atoms with Gasteiger partial charge < -0.3 is 18.9 Å². The van der Waals surface area contributed by atoms with Gasteiger partial charge in [0, 0.05) is 19.7 Å². The third kappa shape index (κ3) is 7.13. The first-order valence-electron chi connectivity index (χ1n) is 14.3. The first-order chi connectivity index (χ1) is 21.6. The van der Waals surface area contributed by atoms with E-state index in [1.54, 1.807) is 37.7 Å². The highest BCUT2D eigenvalue weighted by Crippen LogP contribution is 2.37. The molecular formula is C34H32ClIN2O6S. The maximum Gasteiger partial charge on any atom is 0.338 e. The number of carbonyl (C=O) groups is 1. The maximum atomic E-state index is 14.3. The zero-order valence-electron chi connectivity index (χ0n) is 25.4. The van der Waals surface area contributed by atoms with Crippen molar-refractivity contribution in [2.45, 2.75) is 46.4 Å². The molecule has 0 fully saturated rings. The Morgan fingerprint density at radius 1 is 1.13 bits per heavy atom. The van der Waals surface area contributed by atoms with Gasteiger partial charge in [0.05, 0.1) is 35.6 Å². The fourth-order valence-corrected chi connectivity index (χ4v) is 6.95. The predicted molar refractivity (Wildman–Crippen MR) is 184 cm³/mol. The molecule has 4 aromatic rings. The Kier molecular flexibility index (Phi) is 10.4. The van der Waals surface area contributed by atoms with Gasteiger partial charge in [-0.3, -0.25) is 9.36 Å². The zero-order valence-corrected chi connectivity index (χ0v) is 29.2. The number of allylic oxidation sites excluding steroid dienone is 1. The van der Waals surface area contributed by atoms with Crippen LogP contribution in [0, 0.1) is 3.57 Å². The van der Waals surface area contributed by atoms with Gasteiger partial charge in [0.2, 0.25) is 0 Å². The molecule has 11 heteroatoms. The number of carbonyl (C=O) groups excluding carboxylic acids is 1. The Morgan fingerprint density at radius 2 is 1.91 bits per heavy atom. The van der Waals surface area contributed by atoms with Crippen molar-refractivity contribution in [3.8, 4) is 17.2 Å². The van der Waals surface area contributed by atoms with Crippen LogP contribution in [-0.2, 0) is 16.1 Å². The van der Waals surface area contributed by atoms with Crippen LogP contribution in [0.3, 0.4) is 0 Å². The van der Waals surface area contributed by atoms with Crippen molar-refractivity contribution in [2.75, 3.05) is 13.7 Å². The van der Waals surface area contributed by atoms with Gasteiger partial charge in [-0.2, -0.15) is 0 Å². The number of ether oxygens (including phenoxy) is 4. The van der Waals surface area contributed by atoms with Crippen LogP contribution in [0.1, 0.15) is 50.4 Å². The molecule has 0 aliphatic carbocycles. The summed E-state index contributed by atoms with van der Waals surface area (Å²) in [6.07, 6.45) is 1.65. The van der Waals surface area contributed by atoms with Gasteiger partial charge in [0.25, 0.3) is 5.56 Å². The lowest BCUT2D eigenvalue weighted by Crippen LogP contribution is -2.40. The Bertz CT molecular complexity index is 1970. The highest BCUT2D eigenvalue weighted by molar-refractivity contribution is 14.1. The second-order valence-corrected chi connectivity index (χ2v) is 13.1. The molecule has 1 atom stereocenters. The molecule has 0 unspecified atom stereocenters. The van der Waals surface area contributed by atoms with E-state index in [9.17, 15) is 9.59 Å². The first kappa shape index (κ1) is 32.8. The number of benzene rings is 3. The molecule has 0 saturated carbocycles. The predicted octanol–water partition coefficient (Wildman–Crippen LogP) is 6.43. The topological polar surface area (TPSA) is 88.4 Å². The van der Waals surface area contributed by atoms with Crippen molar-refractivity contribution in [1.82, 2.24) is 4.57 Å². The molecule has 0 amide bonds. The summed E-state index contributed by atoms with van der Waals surface area (Å²) in [5.74, 6) is 1.06. The minimum atomic E-state index is -0.804. The summed E-state index contributed by atoms with van der Waals surface area (Å²) < 4.78 is 26.4. The van der Waals surface area contributed by atoms with Gasteiger partial charge in [-0.15, -0.1) is 0 Å². The molecule has 1 aliphatic heterocycles. The summed E-state index contributed by atoms with van der Waals surface area (Å²) in [7, 11) is 1.58. The van der Waals surface area contributed by atoms with Crippen molar-refractivity contribution in [3.05, 3.63) is 117 Å². The minimum Gasteiger partial charge on any atom is -0.493 e. The smallest absolute Gasteiger partial charge is 0.338 e. The second kappa shape index (κ2) is 14.2. The summed E-state index contributed by atoms with van der Waals surface area (Å²) in [5, 5.41) is 0.611. The third-order valence-corrected chi connectivity index (χ3v) is 8.76. The number of rotatable bonds is 10. The van der Waals surface area contributed by atoms with Gasteiger partial charge in [-0.05, 0) is 92.3 Å². The number of halogens is 2. The largest absolute Gasteiger partial charge is 0.493 e. The van der Waals surface area contributed by atoms with Gasteiger partial charge in [0.1, 0.15) is 18.4 Å². The third-order valence-electron chi connectivity index (χ3n) is 6.92. The summed E-state index contributed by atoms with van der Waals surface area (Å²) in [5.41, 5.74) is 2.67. The van der Waals surface area contributed by atoms with Crippen molar-refractivity contribution < 1.29 is 23.7 Å². The molecule has 45 heavy (non-hydrogen) atoms. The average Bonchev–Trinajstić information content (AvgIpc) is 3.29. The SMILES string of the molecule is CCOC(=O)C1=C(C)N=c2s/c(=C\c3cc(I)cc(OC)c3OCc3cccc(Cl)c3)c(=O)n2[C@H]1c1ccccc1OC(C)C. The Labute approximate surface area is 283 Å². The molecule has 0 spiro atoms. The van der Waals surface area contributed by atoms with E-state index >= 15 is 0 Å². The lowest BCUT2D eigenvalue weighted by atomic mass is 9.95. The molecule has 1 aliphatic rings. The average molecular weight is 759 g/mol. The molecule has 0 saturated heterocycles. The molecule has 8 nitrogen and oxygen atoms in total. The number of esters is 1. The Balaban J connectivity index is 1.69. The fourth-order valence-electron chi connectivity index (χ4n) is 5.08. The van der Waals surface area contributed by atoms with E-state index in [2.05, 4.69) is 22.6 Å². The normalized spacial score (nSPS) is 14.7. The number of nitrogens with zero attached hydrogens (tertiary/aromatic N) is 2.